The number of hydrogen-bond acceptors (Lipinski definition) is 3. The summed E-state index contributed by atoms with van der Waals surface area (Å²) in [6, 6.07) is 27.6. The predicted molar refractivity (Wildman–Crippen MR) is 130 cm³/mol. The maximum Gasteiger partial charge on any atom is 0.258 e. The lowest BCUT2D eigenvalue weighted by Gasteiger charge is -2.16. The van der Waals surface area contributed by atoms with E-state index in [0.717, 1.165) is 32.6 Å². The summed E-state index contributed by atoms with van der Waals surface area (Å²) >= 11 is 10.8. The highest BCUT2D eigenvalue weighted by molar-refractivity contribution is 9.10. The van der Waals surface area contributed by atoms with Gasteiger partial charge in [-0.3, -0.25) is 4.79 Å². The second kappa shape index (κ2) is 11.9. The third kappa shape index (κ3) is 6.73. The van der Waals surface area contributed by atoms with Crippen LogP contribution in [0.3, 0.4) is 0 Å². The molecule has 1 N–H and O–H groups in total. The average Bonchev–Trinajstić information content (AvgIpc) is 2.79. The summed E-state index contributed by atoms with van der Waals surface area (Å²) in [4.78, 5) is 14.2. The molecule has 3 nitrogen and oxygen atoms in total. The van der Waals surface area contributed by atoms with E-state index in [4.69, 9.17) is 11.6 Å². The summed E-state index contributed by atoms with van der Waals surface area (Å²) in [5, 5.41) is 4.07. The van der Waals surface area contributed by atoms with Crippen molar-refractivity contribution in [3.8, 4) is 0 Å². The number of hydrazone groups is 1. The van der Waals surface area contributed by atoms with E-state index in [0.29, 0.717) is 12.3 Å². The molecule has 0 aliphatic carbocycles. The maximum atomic E-state index is 13.1. The number of carbonyl (C=O) groups is 1. The molecule has 0 heterocycles. The minimum atomic E-state index is -0.406. The van der Waals surface area contributed by atoms with Crippen molar-refractivity contribution < 1.29 is 4.79 Å². The standard InChI is InChI=1S/C24H22BrClN2OS/c25-20-15-13-18(14-16-20)22(12-7-17-26)27-28-24(29)23(19-8-3-1-4-9-19)30-21-10-5-2-6-11-21/h1-6,8-11,13-16,23H,7,12,17H2,(H,28,29)/b27-22+/t23-/m0/s1. The minimum absolute atomic E-state index is 0.157. The molecule has 0 fully saturated rings. The Bertz CT molecular complexity index is 966. The van der Waals surface area contributed by atoms with E-state index in [1.54, 1.807) is 0 Å². The van der Waals surface area contributed by atoms with E-state index in [1.807, 2.05) is 84.9 Å². The van der Waals surface area contributed by atoms with Gasteiger partial charge >= 0.3 is 0 Å². The van der Waals surface area contributed by atoms with Crippen LogP contribution in [0.1, 0.15) is 29.2 Å². The smallest absolute Gasteiger partial charge is 0.258 e. The number of amides is 1. The second-order valence-corrected chi connectivity index (χ2v) is 9.03. The first kappa shape index (κ1) is 22.6. The highest BCUT2D eigenvalue weighted by Crippen LogP contribution is 2.35. The lowest BCUT2D eigenvalue weighted by molar-refractivity contribution is -0.120. The topological polar surface area (TPSA) is 41.5 Å². The van der Waals surface area contributed by atoms with Gasteiger partial charge in [-0.1, -0.05) is 76.6 Å². The van der Waals surface area contributed by atoms with Crippen molar-refractivity contribution in [2.45, 2.75) is 23.0 Å². The van der Waals surface area contributed by atoms with Gasteiger partial charge < -0.3 is 0 Å². The Morgan fingerprint density at radius 1 is 0.967 bits per heavy atom. The molecule has 6 heteroatoms. The molecule has 0 saturated carbocycles. The molecule has 0 saturated heterocycles. The van der Waals surface area contributed by atoms with E-state index in [1.165, 1.54) is 11.8 Å². The first-order chi connectivity index (χ1) is 14.7. The molecule has 30 heavy (non-hydrogen) atoms. The van der Waals surface area contributed by atoms with Crippen molar-refractivity contribution >= 4 is 50.9 Å². The summed E-state index contributed by atoms with van der Waals surface area (Å²) in [5.74, 6) is 0.385. The van der Waals surface area contributed by atoms with Crippen LogP contribution in [0.5, 0.6) is 0 Å². The number of rotatable bonds is 9. The van der Waals surface area contributed by atoms with Gasteiger partial charge in [0.05, 0.1) is 5.71 Å². The average molecular weight is 502 g/mol. The number of benzene rings is 3. The molecule has 3 aromatic rings. The van der Waals surface area contributed by atoms with Gasteiger partial charge in [0.25, 0.3) is 5.91 Å². The van der Waals surface area contributed by atoms with Crippen molar-refractivity contribution in [1.82, 2.24) is 5.43 Å². The van der Waals surface area contributed by atoms with Gasteiger partial charge in [0, 0.05) is 15.2 Å². The van der Waals surface area contributed by atoms with Crippen LogP contribution in [0.15, 0.2) is 99.4 Å². The van der Waals surface area contributed by atoms with E-state index in [9.17, 15) is 4.79 Å². The zero-order chi connectivity index (χ0) is 21.2. The SMILES string of the molecule is O=C(N/N=C(\CCCCl)c1ccc(Br)cc1)[C@@H](Sc1ccccc1)c1ccccc1. The molecule has 1 atom stereocenters. The first-order valence-corrected chi connectivity index (χ1v) is 11.8. The Morgan fingerprint density at radius 3 is 2.23 bits per heavy atom. The minimum Gasteiger partial charge on any atom is -0.271 e. The zero-order valence-corrected chi connectivity index (χ0v) is 19.5. The van der Waals surface area contributed by atoms with Crippen LogP contribution < -0.4 is 5.43 Å². The third-order valence-electron chi connectivity index (χ3n) is 4.36. The van der Waals surface area contributed by atoms with Crippen molar-refractivity contribution in [2.24, 2.45) is 5.10 Å². The summed E-state index contributed by atoms with van der Waals surface area (Å²) in [6.07, 6.45) is 1.47. The molecule has 0 spiro atoms. The van der Waals surface area contributed by atoms with Crippen molar-refractivity contribution in [3.05, 3.63) is 101 Å². The monoisotopic (exact) mass is 500 g/mol. The fraction of sp³-hybridized carbons (Fsp3) is 0.167. The summed E-state index contributed by atoms with van der Waals surface area (Å²) < 4.78 is 0.996. The van der Waals surface area contributed by atoms with Gasteiger partial charge in [0.1, 0.15) is 5.25 Å². The van der Waals surface area contributed by atoms with Crippen molar-refractivity contribution in [2.75, 3.05) is 5.88 Å². The number of thioether (sulfide) groups is 1. The molecule has 154 valence electrons. The maximum absolute atomic E-state index is 13.1. The molecule has 0 aromatic heterocycles. The summed E-state index contributed by atoms with van der Waals surface area (Å²) in [5.41, 5.74) is 5.51. The van der Waals surface area contributed by atoms with Gasteiger partial charge in [-0.15, -0.1) is 23.4 Å². The van der Waals surface area contributed by atoms with Gasteiger partial charge in [-0.2, -0.15) is 5.10 Å². The Hall–Kier alpha value is -2.08. The zero-order valence-electron chi connectivity index (χ0n) is 16.3. The number of carbonyl (C=O) groups excluding carboxylic acids is 1. The lowest BCUT2D eigenvalue weighted by Crippen LogP contribution is -2.25. The van der Waals surface area contributed by atoms with Crippen LogP contribution >= 0.6 is 39.3 Å². The molecular weight excluding hydrogens is 480 g/mol. The fourth-order valence-corrected chi connectivity index (χ4v) is 4.30. The molecule has 0 unspecified atom stereocenters. The van der Waals surface area contributed by atoms with Crippen molar-refractivity contribution in [1.29, 1.82) is 0 Å². The van der Waals surface area contributed by atoms with Crippen LogP contribution in [-0.2, 0) is 4.79 Å². The van der Waals surface area contributed by atoms with Gasteiger partial charge in [0.15, 0.2) is 0 Å². The van der Waals surface area contributed by atoms with E-state index in [-0.39, 0.29) is 5.91 Å². The van der Waals surface area contributed by atoms with Gasteiger partial charge in [0.2, 0.25) is 0 Å². The molecule has 1 amide bonds. The van der Waals surface area contributed by atoms with Crippen LogP contribution in [0.25, 0.3) is 0 Å². The summed E-state index contributed by atoms with van der Waals surface area (Å²) in [6.45, 7) is 0. The van der Waals surface area contributed by atoms with E-state index >= 15 is 0 Å². The highest BCUT2D eigenvalue weighted by Gasteiger charge is 2.22. The van der Waals surface area contributed by atoms with Crippen LogP contribution in [-0.4, -0.2) is 17.5 Å². The van der Waals surface area contributed by atoms with Crippen molar-refractivity contribution in [3.63, 3.8) is 0 Å². The highest BCUT2D eigenvalue weighted by atomic mass is 79.9. The Balaban J connectivity index is 1.82. The Labute approximate surface area is 195 Å². The van der Waals surface area contributed by atoms with Crippen LogP contribution in [0, 0.1) is 0 Å². The van der Waals surface area contributed by atoms with Crippen LogP contribution in [0.2, 0.25) is 0 Å². The Morgan fingerprint density at radius 2 is 1.60 bits per heavy atom. The van der Waals surface area contributed by atoms with E-state index < -0.39 is 5.25 Å². The lowest BCUT2D eigenvalue weighted by atomic mass is 10.1. The number of halogens is 2. The fourth-order valence-electron chi connectivity index (χ4n) is 2.86. The molecule has 0 bridgehead atoms. The van der Waals surface area contributed by atoms with Gasteiger partial charge in [-0.25, -0.2) is 5.43 Å². The molecule has 3 aromatic carbocycles. The number of nitrogens with one attached hydrogen (secondary N) is 1. The van der Waals surface area contributed by atoms with Crippen LogP contribution in [0.4, 0.5) is 0 Å². The predicted octanol–water partition coefficient (Wildman–Crippen LogP) is 6.82. The van der Waals surface area contributed by atoms with E-state index in [2.05, 4.69) is 26.5 Å². The molecule has 0 radical (unpaired) electrons. The normalized spacial score (nSPS) is 12.4. The Kier molecular flexibility index (Phi) is 9.00. The second-order valence-electron chi connectivity index (χ2n) is 6.56. The largest absolute Gasteiger partial charge is 0.271 e. The number of alkyl halides is 1. The summed E-state index contributed by atoms with van der Waals surface area (Å²) in [7, 11) is 0. The van der Waals surface area contributed by atoms with Gasteiger partial charge in [-0.05, 0) is 48.2 Å². The molecule has 3 rings (SSSR count). The first-order valence-electron chi connectivity index (χ1n) is 9.62. The molecular formula is C24H22BrClN2OS. The molecule has 0 aliphatic heterocycles. The number of hydrogen-bond donors (Lipinski definition) is 1. The molecule has 0 aliphatic rings. The number of nitrogens with zero attached hydrogens (tertiary/aromatic N) is 1. The quantitative estimate of drug-likeness (QED) is 0.151. The third-order valence-corrected chi connectivity index (χ3v) is 6.43.